The molecule has 0 fully saturated rings. The lowest BCUT2D eigenvalue weighted by atomic mass is 9.99. The molecule has 1 aliphatic rings. The molecule has 33 heavy (non-hydrogen) atoms. The number of amidine groups is 1. The molecule has 6 heteroatoms. The van der Waals surface area contributed by atoms with E-state index in [1.165, 1.54) is 16.7 Å². The van der Waals surface area contributed by atoms with Crippen molar-refractivity contribution in [1.82, 2.24) is 15.5 Å². The number of fused-ring (bicyclic) bond motifs is 1. The summed E-state index contributed by atoms with van der Waals surface area (Å²) in [4.78, 5) is 5.68. The van der Waals surface area contributed by atoms with Crippen LogP contribution in [0.25, 0.3) is 10.9 Å². The topological polar surface area (TPSA) is 68.6 Å². The fourth-order valence-corrected chi connectivity index (χ4v) is 4.15. The number of oxime groups is 1. The van der Waals surface area contributed by atoms with Gasteiger partial charge >= 0.3 is 0 Å². The number of nitrogens with zero attached hydrogens (tertiary/aromatic N) is 3. The third kappa shape index (κ3) is 4.51. The molecule has 6 nitrogen and oxygen atoms in total. The number of rotatable bonds is 5. The van der Waals surface area contributed by atoms with E-state index in [0.29, 0.717) is 24.1 Å². The Labute approximate surface area is 193 Å². The molecule has 5 rings (SSSR count). The van der Waals surface area contributed by atoms with Crippen LogP contribution in [0.3, 0.4) is 0 Å². The zero-order chi connectivity index (χ0) is 22.8. The summed E-state index contributed by atoms with van der Waals surface area (Å²) in [6.07, 6.45) is 0.829. The molecular formula is C27H26N4O2. The minimum absolute atomic E-state index is 0.0673. The summed E-state index contributed by atoms with van der Waals surface area (Å²) < 4.78 is 6.19. The molecular weight excluding hydrogens is 412 g/mol. The van der Waals surface area contributed by atoms with Crippen molar-refractivity contribution in [3.8, 4) is 11.6 Å². The predicted octanol–water partition coefficient (Wildman–Crippen LogP) is 5.24. The van der Waals surface area contributed by atoms with Gasteiger partial charge in [0.1, 0.15) is 12.4 Å². The highest BCUT2D eigenvalue weighted by atomic mass is 16.6. The summed E-state index contributed by atoms with van der Waals surface area (Å²) in [7, 11) is 0. The molecule has 166 valence electrons. The number of benzene rings is 3. The number of hydrogen-bond donors (Lipinski definition) is 1. The van der Waals surface area contributed by atoms with Crippen LogP contribution in [0.1, 0.15) is 27.8 Å². The summed E-state index contributed by atoms with van der Waals surface area (Å²) in [6.45, 7) is 6.77. The minimum Gasteiger partial charge on any atom is -0.437 e. The normalized spacial score (nSPS) is 15.5. The van der Waals surface area contributed by atoms with Gasteiger partial charge in [0.2, 0.25) is 0 Å². The van der Waals surface area contributed by atoms with E-state index in [2.05, 4.69) is 52.7 Å². The van der Waals surface area contributed by atoms with E-state index in [4.69, 9.17) is 9.57 Å². The largest absolute Gasteiger partial charge is 0.437 e. The Hall–Kier alpha value is -3.93. The van der Waals surface area contributed by atoms with Gasteiger partial charge in [-0.2, -0.15) is 0 Å². The second-order valence-electron chi connectivity index (χ2n) is 8.53. The van der Waals surface area contributed by atoms with Crippen LogP contribution in [-0.4, -0.2) is 28.7 Å². The first-order valence-electron chi connectivity index (χ1n) is 11.1. The molecule has 1 N–H and O–H groups in total. The fraction of sp³-hybridized carbons (Fsp3) is 0.222. The van der Waals surface area contributed by atoms with Crippen molar-refractivity contribution >= 4 is 16.7 Å². The smallest absolute Gasteiger partial charge is 0.250 e. The zero-order valence-electron chi connectivity index (χ0n) is 19.0. The molecule has 0 spiro atoms. The van der Waals surface area contributed by atoms with Gasteiger partial charge in [-0.05, 0) is 62.1 Å². The first-order valence-corrected chi connectivity index (χ1v) is 11.1. The Bertz CT molecular complexity index is 1350. The first kappa shape index (κ1) is 20.9. The molecule has 0 amide bonds. The summed E-state index contributed by atoms with van der Waals surface area (Å²) in [5, 5.41) is 17.6. The van der Waals surface area contributed by atoms with Crippen LogP contribution in [0.15, 0.2) is 71.9 Å². The van der Waals surface area contributed by atoms with E-state index in [1.807, 2.05) is 55.5 Å². The quantitative estimate of drug-likeness (QED) is 0.461. The van der Waals surface area contributed by atoms with Gasteiger partial charge in [-0.1, -0.05) is 59.3 Å². The molecule has 0 aliphatic carbocycles. The minimum atomic E-state index is 0.0673. The maximum atomic E-state index is 6.19. The Morgan fingerprint density at radius 1 is 0.939 bits per heavy atom. The highest BCUT2D eigenvalue weighted by Gasteiger charge is 2.25. The highest BCUT2D eigenvalue weighted by molar-refractivity contribution is 6.10. The third-order valence-electron chi connectivity index (χ3n) is 5.81. The lowest BCUT2D eigenvalue weighted by Crippen LogP contribution is -2.43. The van der Waals surface area contributed by atoms with Gasteiger partial charge in [-0.25, -0.2) is 0 Å². The molecule has 0 saturated carbocycles. The Balaban J connectivity index is 1.50. The van der Waals surface area contributed by atoms with Gasteiger partial charge < -0.3 is 14.9 Å². The van der Waals surface area contributed by atoms with Crippen molar-refractivity contribution < 1.29 is 9.57 Å². The molecule has 1 aliphatic heterocycles. The van der Waals surface area contributed by atoms with Crippen LogP contribution >= 0.6 is 0 Å². The van der Waals surface area contributed by atoms with Crippen LogP contribution in [0, 0.1) is 20.8 Å². The third-order valence-corrected chi connectivity index (χ3v) is 5.81. The zero-order valence-corrected chi connectivity index (χ0v) is 19.0. The van der Waals surface area contributed by atoms with Crippen molar-refractivity contribution in [2.75, 3.05) is 6.61 Å². The van der Waals surface area contributed by atoms with Crippen LogP contribution in [0.5, 0.6) is 11.6 Å². The van der Waals surface area contributed by atoms with E-state index in [-0.39, 0.29) is 6.04 Å². The average molecular weight is 439 g/mol. The standard InChI is InChI=1S/C27H26N4O2/c1-17-7-6-8-22(14-17)33-27-25(23-9-4-5-10-24(23)29-30-27)26-28-21(16-32-31-26)15-20-12-11-18(2)13-19(20)3/h4-14,21H,15-16H2,1-3H3,(H,28,31)/t21-/m1/s1. The maximum absolute atomic E-state index is 6.19. The van der Waals surface area contributed by atoms with Crippen molar-refractivity contribution in [1.29, 1.82) is 0 Å². The van der Waals surface area contributed by atoms with Crippen molar-refractivity contribution in [2.45, 2.75) is 33.2 Å². The van der Waals surface area contributed by atoms with Crippen LogP contribution < -0.4 is 10.1 Å². The Morgan fingerprint density at radius 2 is 1.79 bits per heavy atom. The average Bonchev–Trinajstić information content (AvgIpc) is 2.81. The molecule has 0 unspecified atom stereocenters. The van der Waals surface area contributed by atoms with Gasteiger partial charge in [-0.15, -0.1) is 10.2 Å². The van der Waals surface area contributed by atoms with E-state index >= 15 is 0 Å². The van der Waals surface area contributed by atoms with E-state index in [0.717, 1.165) is 28.5 Å². The monoisotopic (exact) mass is 438 g/mol. The Morgan fingerprint density at radius 3 is 2.64 bits per heavy atom. The molecule has 3 aromatic carbocycles. The molecule has 1 atom stereocenters. The van der Waals surface area contributed by atoms with Gasteiger partial charge in [0, 0.05) is 5.39 Å². The second-order valence-corrected chi connectivity index (χ2v) is 8.53. The van der Waals surface area contributed by atoms with Crippen molar-refractivity contribution in [2.24, 2.45) is 5.16 Å². The van der Waals surface area contributed by atoms with E-state index in [1.54, 1.807) is 0 Å². The van der Waals surface area contributed by atoms with Gasteiger partial charge in [-0.3, -0.25) is 0 Å². The summed E-state index contributed by atoms with van der Waals surface area (Å²) in [5.74, 6) is 1.69. The molecule has 2 heterocycles. The van der Waals surface area contributed by atoms with Crippen molar-refractivity contribution in [3.05, 3.63) is 94.5 Å². The van der Waals surface area contributed by atoms with E-state index in [9.17, 15) is 0 Å². The van der Waals surface area contributed by atoms with Crippen LogP contribution in [0.2, 0.25) is 0 Å². The number of nitrogens with one attached hydrogen (secondary N) is 1. The summed E-state index contributed by atoms with van der Waals surface area (Å²) >= 11 is 0. The number of ether oxygens (including phenoxy) is 1. The van der Waals surface area contributed by atoms with Crippen LogP contribution in [0.4, 0.5) is 0 Å². The number of aryl methyl sites for hydroxylation is 3. The summed E-state index contributed by atoms with van der Waals surface area (Å²) in [5.41, 5.74) is 6.45. The summed E-state index contributed by atoms with van der Waals surface area (Å²) in [6, 6.07) is 22.3. The van der Waals surface area contributed by atoms with E-state index < -0.39 is 0 Å². The van der Waals surface area contributed by atoms with Crippen LogP contribution in [-0.2, 0) is 11.3 Å². The number of aromatic nitrogens is 2. The van der Waals surface area contributed by atoms with Crippen molar-refractivity contribution in [3.63, 3.8) is 0 Å². The van der Waals surface area contributed by atoms with Gasteiger partial charge in [0.05, 0.1) is 17.1 Å². The maximum Gasteiger partial charge on any atom is 0.250 e. The first-order chi connectivity index (χ1) is 16.1. The molecule has 0 saturated heterocycles. The molecule has 1 aromatic heterocycles. The fourth-order valence-electron chi connectivity index (χ4n) is 4.15. The van der Waals surface area contributed by atoms with Gasteiger partial charge in [0.15, 0.2) is 5.84 Å². The Kier molecular flexibility index (Phi) is 5.65. The molecule has 0 bridgehead atoms. The number of hydrogen-bond acceptors (Lipinski definition) is 6. The molecule has 0 radical (unpaired) electrons. The lowest BCUT2D eigenvalue weighted by molar-refractivity contribution is 0.109. The second kappa shape index (κ2) is 8.90. The lowest BCUT2D eigenvalue weighted by Gasteiger charge is -2.26. The highest BCUT2D eigenvalue weighted by Crippen LogP contribution is 2.29. The SMILES string of the molecule is Cc1cccc(Oc2nnc3ccccc3c2C2=NOC[C@@H](Cc3ccc(C)cc3C)N2)c1. The van der Waals surface area contributed by atoms with Gasteiger partial charge in [0.25, 0.3) is 5.88 Å². The predicted molar refractivity (Wildman–Crippen MR) is 130 cm³/mol. The molecule has 4 aromatic rings.